The second kappa shape index (κ2) is 7.68. The van der Waals surface area contributed by atoms with Crippen LogP contribution in [0.1, 0.15) is 50.7 Å². The molecule has 0 atom stereocenters. The predicted molar refractivity (Wildman–Crippen MR) is 90.5 cm³/mol. The van der Waals surface area contributed by atoms with E-state index < -0.39 is 0 Å². The average molecular weight is 270 g/mol. The molecule has 1 aromatic rings. The van der Waals surface area contributed by atoms with Gasteiger partial charge in [-0.15, -0.1) is 0 Å². The van der Waals surface area contributed by atoms with Gasteiger partial charge in [-0.1, -0.05) is 32.2 Å². The number of rotatable bonds is 7. The summed E-state index contributed by atoms with van der Waals surface area (Å²) in [5.41, 5.74) is 12.0. The molecular formula is C18H26N2. The molecule has 0 fully saturated rings. The minimum Gasteiger partial charge on any atom is -0.403 e. The van der Waals surface area contributed by atoms with Gasteiger partial charge in [0.25, 0.3) is 0 Å². The first-order valence-electron chi connectivity index (χ1n) is 7.20. The van der Waals surface area contributed by atoms with Gasteiger partial charge >= 0.3 is 0 Å². The second-order valence-corrected chi connectivity index (χ2v) is 5.32. The molecule has 20 heavy (non-hydrogen) atoms. The van der Waals surface area contributed by atoms with Crippen molar-refractivity contribution in [2.75, 3.05) is 0 Å². The number of hydrogen-bond acceptors (Lipinski definition) is 2. The molecule has 108 valence electrons. The van der Waals surface area contributed by atoms with Crippen LogP contribution in [0, 0.1) is 6.92 Å². The molecule has 0 bridgehead atoms. The van der Waals surface area contributed by atoms with Crippen LogP contribution >= 0.6 is 0 Å². The largest absolute Gasteiger partial charge is 0.403 e. The summed E-state index contributed by atoms with van der Waals surface area (Å²) < 4.78 is 0. The molecule has 0 heterocycles. The Bertz CT molecular complexity index is 524. The predicted octanol–water partition coefficient (Wildman–Crippen LogP) is 5.15. The highest BCUT2D eigenvalue weighted by molar-refractivity contribution is 5.85. The number of allylic oxidation sites excluding steroid dienone is 2. The Hall–Kier alpha value is -1.83. The molecular weight excluding hydrogens is 244 g/mol. The molecule has 0 amide bonds. The topological polar surface area (TPSA) is 38.4 Å². The monoisotopic (exact) mass is 270 g/mol. The minimum absolute atomic E-state index is 0.741. The molecule has 0 saturated carbocycles. The van der Waals surface area contributed by atoms with E-state index in [4.69, 9.17) is 5.73 Å². The standard InChI is InChI=1S/C18H26N2/c1-6-16(5)20-18-12-17(11-10-14(18)3)13(2)8-7-9-15(4)19/h10-12H,2,4,6-9,19H2,1,3,5H3/b20-16+. The smallest absolute Gasteiger partial charge is 0.0664 e. The Labute approximate surface area is 123 Å². The van der Waals surface area contributed by atoms with Gasteiger partial charge in [-0.05, 0) is 62.3 Å². The molecule has 1 rings (SSSR count). The summed E-state index contributed by atoms with van der Waals surface area (Å²) in [6.07, 6.45) is 3.76. The van der Waals surface area contributed by atoms with Gasteiger partial charge in [-0.3, -0.25) is 4.99 Å². The lowest BCUT2D eigenvalue weighted by atomic mass is 9.99. The molecule has 0 aliphatic rings. The van der Waals surface area contributed by atoms with Crippen LogP contribution in [-0.4, -0.2) is 5.71 Å². The van der Waals surface area contributed by atoms with E-state index in [9.17, 15) is 0 Å². The van der Waals surface area contributed by atoms with Crippen molar-refractivity contribution < 1.29 is 0 Å². The van der Waals surface area contributed by atoms with Gasteiger partial charge in [0.15, 0.2) is 0 Å². The zero-order valence-electron chi connectivity index (χ0n) is 13.0. The van der Waals surface area contributed by atoms with E-state index in [1.54, 1.807) is 0 Å². The molecule has 0 unspecified atom stereocenters. The van der Waals surface area contributed by atoms with Crippen LogP contribution in [0.3, 0.4) is 0 Å². The van der Waals surface area contributed by atoms with Crippen LogP contribution in [0.25, 0.3) is 5.57 Å². The van der Waals surface area contributed by atoms with Crippen molar-refractivity contribution >= 4 is 17.0 Å². The van der Waals surface area contributed by atoms with E-state index >= 15 is 0 Å². The molecule has 2 N–H and O–H groups in total. The van der Waals surface area contributed by atoms with Crippen molar-refractivity contribution in [1.29, 1.82) is 0 Å². The van der Waals surface area contributed by atoms with Crippen LogP contribution in [0.15, 0.2) is 42.0 Å². The first-order valence-corrected chi connectivity index (χ1v) is 7.20. The summed E-state index contributed by atoms with van der Waals surface area (Å²) in [6, 6.07) is 6.37. The van der Waals surface area contributed by atoms with Gasteiger partial charge in [0.2, 0.25) is 0 Å². The number of nitrogens with two attached hydrogens (primary N) is 1. The molecule has 0 aromatic heterocycles. The molecule has 0 saturated heterocycles. The lowest BCUT2D eigenvalue weighted by molar-refractivity contribution is 0.837. The van der Waals surface area contributed by atoms with E-state index in [1.807, 2.05) is 0 Å². The number of hydrogen-bond donors (Lipinski definition) is 1. The maximum atomic E-state index is 5.59. The van der Waals surface area contributed by atoms with Crippen molar-refractivity contribution in [3.63, 3.8) is 0 Å². The van der Waals surface area contributed by atoms with E-state index in [2.05, 4.69) is 57.1 Å². The Morgan fingerprint density at radius 1 is 1.25 bits per heavy atom. The fourth-order valence-corrected chi connectivity index (χ4v) is 1.91. The highest BCUT2D eigenvalue weighted by Gasteiger charge is 2.04. The molecule has 0 radical (unpaired) electrons. The number of aryl methyl sites for hydroxylation is 1. The molecule has 0 aliphatic heterocycles. The Morgan fingerprint density at radius 3 is 2.55 bits per heavy atom. The quantitative estimate of drug-likeness (QED) is 0.683. The van der Waals surface area contributed by atoms with Crippen molar-refractivity contribution in [2.45, 2.75) is 46.5 Å². The van der Waals surface area contributed by atoms with Gasteiger partial charge in [0.1, 0.15) is 0 Å². The van der Waals surface area contributed by atoms with Crippen LogP contribution in [0.5, 0.6) is 0 Å². The third-order valence-electron chi connectivity index (χ3n) is 3.42. The van der Waals surface area contributed by atoms with Gasteiger partial charge in [0, 0.05) is 11.4 Å². The first kappa shape index (κ1) is 16.2. The number of benzene rings is 1. The van der Waals surface area contributed by atoms with Crippen LogP contribution in [0.4, 0.5) is 5.69 Å². The van der Waals surface area contributed by atoms with Gasteiger partial charge in [0.05, 0.1) is 5.69 Å². The Balaban J connectivity index is 2.84. The van der Waals surface area contributed by atoms with Crippen molar-refractivity contribution in [1.82, 2.24) is 0 Å². The number of nitrogens with zero attached hydrogens (tertiary/aromatic N) is 1. The Morgan fingerprint density at radius 2 is 1.95 bits per heavy atom. The summed E-state index contributed by atoms with van der Waals surface area (Å²) in [7, 11) is 0. The summed E-state index contributed by atoms with van der Waals surface area (Å²) >= 11 is 0. The molecule has 2 heteroatoms. The van der Waals surface area contributed by atoms with Crippen LogP contribution < -0.4 is 5.73 Å². The van der Waals surface area contributed by atoms with E-state index in [0.717, 1.165) is 48.4 Å². The van der Waals surface area contributed by atoms with Gasteiger partial charge in [-0.2, -0.15) is 0 Å². The molecule has 1 aromatic carbocycles. The highest BCUT2D eigenvalue weighted by Crippen LogP contribution is 2.27. The van der Waals surface area contributed by atoms with E-state index in [-0.39, 0.29) is 0 Å². The Kier molecular flexibility index (Phi) is 6.23. The van der Waals surface area contributed by atoms with Crippen molar-refractivity contribution in [3.8, 4) is 0 Å². The highest BCUT2D eigenvalue weighted by atomic mass is 14.7. The average Bonchev–Trinajstić information content (AvgIpc) is 2.40. The summed E-state index contributed by atoms with van der Waals surface area (Å²) in [4.78, 5) is 4.67. The summed E-state index contributed by atoms with van der Waals surface area (Å²) in [5.74, 6) is 0. The zero-order valence-corrected chi connectivity index (χ0v) is 13.0. The van der Waals surface area contributed by atoms with Crippen molar-refractivity contribution in [3.05, 3.63) is 48.2 Å². The third-order valence-corrected chi connectivity index (χ3v) is 3.42. The zero-order chi connectivity index (χ0) is 15.1. The second-order valence-electron chi connectivity index (χ2n) is 5.32. The van der Waals surface area contributed by atoms with Crippen LogP contribution in [-0.2, 0) is 0 Å². The van der Waals surface area contributed by atoms with Crippen molar-refractivity contribution in [2.24, 2.45) is 10.7 Å². The van der Waals surface area contributed by atoms with E-state index in [1.165, 1.54) is 11.1 Å². The van der Waals surface area contributed by atoms with Gasteiger partial charge < -0.3 is 5.73 Å². The SMILES string of the molecule is C=C(N)CCCC(=C)c1ccc(C)c(/N=C(\C)CC)c1. The fraction of sp³-hybridized carbons (Fsp3) is 0.389. The fourth-order valence-electron chi connectivity index (χ4n) is 1.91. The maximum absolute atomic E-state index is 5.59. The van der Waals surface area contributed by atoms with E-state index in [0.29, 0.717) is 0 Å². The molecule has 2 nitrogen and oxygen atoms in total. The lowest BCUT2D eigenvalue weighted by Crippen LogP contribution is -1.94. The van der Waals surface area contributed by atoms with Gasteiger partial charge in [-0.25, -0.2) is 0 Å². The lowest BCUT2D eigenvalue weighted by Gasteiger charge is -2.09. The minimum atomic E-state index is 0.741. The van der Waals surface area contributed by atoms with Crippen LogP contribution in [0.2, 0.25) is 0 Å². The molecule has 0 spiro atoms. The first-order chi connectivity index (χ1) is 9.43. The summed E-state index contributed by atoms with van der Waals surface area (Å²) in [6.45, 7) is 14.2. The maximum Gasteiger partial charge on any atom is 0.0664 e. The number of aliphatic imine (C=N–C) groups is 1. The molecule has 0 aliphatic carbocycles. The summed E-state index contributed by atoms with van der Waals surface area (Å²) in [5, 5.41) is 0. The normalized spacial score (nSPS) is 11.4. The third kappa shape index (κ3) is 5.04.